The maximum Gasteiger partial charge on any atom is 0.287 e. The second kappa shape index (κ2) is 8.97. The molecule has 29 heavy (non-hydrogen) atoms. The highest BCUT2D eigenvalue weighted by Crippen LogP contribution is 2.38. The highest BCUT2D eigenvalue weighted by molar-refractivity contribution is 5.91. The average Bonchev–Trinajstić information content (AvgIpc) is 3.40. The van der Waals surface area contributed by atoms with E-state index in [1.807, 2.05) is 6.07 Å². The Morgan fingerprint density at radius 3 is 2.69 bits per heavy atom. The number of likely N-dealkylation sites (tertiary alicyclic amines) is 1. The van der Waals surface area contributed by atoms with Crippen LogP contribution < -0.4 is 5.32 Å². The minimum absolute atomic E-state index is 0.00632. The maximum atomic E-state index is 12.0. The molecule has 1 aromatic carbocycles. The number of rotatable bonds is 6. The van der Waals surface area contributed by atoms with Crippen molar-refractivity contribution in [1.82, 2.24) is 10.2 Å². The molecule has 1 amide bonds. The van der Waals surface area contributed by atoms with Gasteiger partial charge >= 0.3 is 0 Å². The fraction of sp³-hybridized carbons (Fsp3) is 0.458. The summed E-state index contributed by atoms with van der Waals surface area (Å²) >= 11 is 0. The van der Waals surface area contributed by atoms with Crippen LogP contribution in [0.4, 0.5) is 0 Å². The van der Waals surface area contributed by atoms with Gasteiger partial charge in [0.2, 0.25) is 0 Å². The predicted octanol–water partition coefficient (Wildman–Crippen LogP) is 4.13. The van der Waals surface area contributed by atoms with Crippen LogP contribution in [0.15, 0.2) is 58.7 Å². The van der Waals surface area contributed by atoms with Crippen molar-refractivity contribution < 1.29 is 13.9 Å². The molecule has 2 saturated heterocycles. The first-order valence-corrected chi connectivity index (χ1v) is 10.6. The van der Waals surface area contributed by atoms with E-state index in [2.05, 4.69) is 47.5 Å². The Kier molecular flexibility index (Phi) is 6.16. The van der Waals surface area contributed by atoms with E-state index in [0.717, 1.165) is 45.3 Å². The first-order valence-electron chi connectivity index (χ1n) is 10.6. The molecule has 0 saturated carbocycles. The van der Waals surface area contributed by atoms with Crippen molar-refractivity contribution in [2.24, 2.45) is 0 Å². The van der Waals surface area contributed by atoms with Gasteiger partial charge in [0.05, 0.1) is 18.0 Å². The van der Waals surface area contributed by atoms with Gasteiger partial charge in [0.15, 0.2) is 5.76 Å². The number of carbonyl (C=O) groups is 1. The molecule has 1 atom stereocenters. The van der Waals surface area contributed by atoms with Crippen LogP contribution in [0.25, 0.3) is 6.08 Å². The highest BCUT2D eigenvalue weighted by Gasteiger charge is 2.42. The number of furan rings is 1. The standard InChI is InChI=1S/C24H30N2O3/c1-19(16-20-6-3-2-4-7-20)18-26-13-11-24(12-14-26)10-9-21(29-24)17-25-23(27)22-8-5-15-28-22/h2-8,15-16,21H,9-14,17-18H2,1H3,(H,25,27)/b19-16+. The van der Waals surface area contributed by atoms with Gasteiger partial charge in [0.25, 0.3) is 5.91 Å². The molecule has 2 aliphatic rings. The Morgan fingerprint density at radius 1 is 1.17 bits per heavy atom. The van der Waals surface area contributed by atoms with Gasteiger partial charge in [0, 0.05) is 26.2 Å². The summed E-state index contributed by atoms with van der Waals surface area (Å²) in [5, 5.41) is 2.93. The van der Waals surface area contributed by atoms with E-state index in [1.54, 1.807) is 12.1 Å². The summed E-state index contributed by atoms with van der Waals surface area (Å²) in [6, 6.07) is 13.9. The summed E-state index contributed by atoms with van der Waals surface area (Å²) in [5.74, 6) is 0.181. The van der Waals surface area contributed by atoms with E-state index in [4.69, 9.17) is 9.15 Å². The number of amides is 1. The van der Waals surface area contributed by atoms with Gasteiger partial charge in [-0.25, -0.2) is 0 Å². The molecular formula is C24H30N2O3. The van der Waals surface area contributed by atoms with Gasteiger partial charge in [0.1, 0.15) is 0 Å². The molecule has 1 unspecified atom stereocenters. The van der Waals surface area contributed by atoms with Crippen molar-refractivity contribution in [3.8, 4) is 0 Å². The molecule has 5 heteroatoms. The molecule has 2 fully saturated rings. The number of ether oxygens (including phenoxy) is 1. The highest BCUT2D eigenvalue weighted by atomic mass is 16.5. The van der Waals surface area contributed by atoms with Crippen LogP contribution >= 0.6 is 0 Å². The number of piperidine rings is 1. The minimum atomic E-state index is -0.171. The Morgan fingerprint density at radius 2 is 1.97 bits per heavy atom. The average molecular weight is 395 g/mol. The fourth-order valence-corrected chi connectivity index (χ4v) is 4.46. The van der Waals surface area contributed by atoms with E-state index in [1.165, 1.54) is 17.4 Å². The van der Waals surface area contributed by atoms with Crippen molar-refractivity contribution >= 4 is 12.0 Å². The van der Waals surface area contributed by atoms with Gasteiger partial charge in [-0.1, -0.05) is 42.0 Å². The van der Waals surface area contributed by atoms with Crippen LogP contribution in [0.2, 0.25) is 0 Å². The number of nitrogens with one attached hydrogen (secondary N) is 1. The molecule has 0 aliphatic carbocycles. The van der Waals surface area contributed by atoms with Crippen LogP contribution in [-0.4, -0.2) is 48.7 Å². The zero-order chi connectivity index (χ0) is 20.1. The third-order valence-corrected chi connectivity index (χ3v) is 6.03. The van der Waals surface area contributed by atoms with E-state index < -0.39 is 0 Å². The number of hydrogen-bond donors (Lipinski definition) is 1. The van der Waals surface area contributed by atoms with Crippen molar-refractivity contribution in [3.63, 3.8) is 0 Å². The largest absolute Gasteiger partial charge is 0.459 e. The Labute approximate surface area is 172 Å². The van der Waals surface area contributed by atoms with E-state index in [-0.39, 0.29) is 17.6 Å². The van der Waals surface area contributed by atoms with E-state index in [0.29, 0.717) is 12.3 Å². The number of nitrogens with zero attached hydrogens (tertiary/aromatic N) is 1. The quantitative estimate of drug-likeness (QED) is 0.801. The summed E-state index contributed by atoms with van der Waals surface area (Å²) in [5.41, 5.74) is 2.64. The van der Waals surface area contributed by atoms with Crippen molar-refractivity contribution in [2.75, 3.05) is 26.2 Å². The van der Waals surface area contributed by atoms with Gasteiger partial charge < -0.3 is 14.5 Å². The third-order valence-electron chi connectivity index (χ3n) is 6.03. The summed E-state index contributed by atoms with van der Waals surface area (Å²) in [6.45, 7) is 5.88. The lowest BCUT2D eigenvalue weighted by atomic mass is 9.88. The van der Waals surface area contributed by atoms with Crippen LogP contribution in [-0.2, 0) is 4.74 Å². The molecule has 1 spiro atoms. The van der Waals surface area contributed by atoms with Crippen molar-refractivity contribution in [2.45, 2.75) is 44.3 Å². The Bertz CT molecular complexity index is 821. The summed E-state index contributed by atoms with van der Waals surface area (Å²) < 4.78 is 11.6. The van der Waals surface area contributed by atoms with Crippen LogP contribution in [0.1, 0.15) is 48.7 Å². The smallest absolute Gasteiger partial charge is 0.287 e. The SMILES string of the molecule is C/C(=C\c1ccccc1)CN1CCC2(CCC(CNC(=O)c3ccco3)O2)CC1. The topological polar surface area (TPSA) is 54.7 Å². The second-order valence-corrected chi connectivity index (χ2v) is 8.33. The molecule has 2 aliphatic heterocycles. The van der Waals surface area contributed by atoms with Crippen molar-refractivity contribution in [3.05, 3.63) is 65.6 Å². The Balaban J connectivity index is 1.22. The first kappa shape index (κ1) is 19.9. The molecule has 154 valence electrons. The third kappa shape index (κ3) is 5.17. The zero-order valence-corrected chi connectivity index (χ0v) is 17.1. The number of carbonyl (C=O) groups excluding carboxylic acids is 1. The molecule has 2 aromatic rings. The molecule has 1 aromatic heterocycles. The number of benzene rings is 1. The minimum Gasteiger partial charge on any atom is -0.459 e. The lowest BCUT2D eigenvalue weighted by Gasteiger charge is -2.39. The van der Waals surface area contributed by atoms with Crippen LogP contribution in [0.5, 0.6) is 0 Å². The van der Waals surface area contributed by atoms with E-state index >= 15 is 0 Å². The molecule has 4 rings (SSSR count). The second-order valence-electron chi connectivity index (χ2n) is 8.33. The molecular weight excluding hydrogens is 364 g/mol. The summed E-state index contributed by atoms with van der Waals surface area (Å²) in [6.07, 6.45) is 8.10. The van der Waals surface area contributed by atoms with Gasteiger partial charge in [-0.3, -0.25) is 9.69 Å². The molecule has 3 heterocycles. The van der Waals surface area contributed by atoms with Gasteiger partial charge in [-0.15, -0.1) is 0 Å². The fourth-order valence-electron chi connectivity index (χ4n) is 4.46. The Hall–Kier alpha value is -2.37. The predicted molar refractivity (Wildman–Crippen MR) is 114 cm³/mol. The lowest BCUT2D eigenvalue weighted by Crippen LogP contribution is -2.45. The molecule has 0 radical (unpaired) electrons. The number of hydrogen-bond acceptors (Lipinski definition) is 4. The van der Waals surface area contributed by atoms with Crippen LogP contribution in [0, 0.1) is 0 Å². The molecule has 5 nitrogen and oxygen atoms in total. The normalized spacial score (nSPS) is 22.1. The van der Waals surface area contributed by atoms with Crippen LogP contribution in [0.3, 0.4) is 0 Å². The summed E-state index contributed by atoms with van der Waals surface area (Å²) in [7, 11) is 0. The zero-order valence-electron chi connectivity index (χ0n) is 17.1. The molecule has 1 N–H and O–H groups in total. The monoisotopic (exact) mass is 394 g/mol. The molecule has 0 bridgehead atoms. The first-order chi connectivity index (χ1) is 14.1. The maximum absolute atomic E-state index is 12.0. The van der Waals surface area contributed by atoms with Crippen molar-refractivity contribution in [1.29, 1.82) is 0 Å². The summed E-state index contributed by atoms with van der Waals surface area (Å²) in [4.78, 5) is 14.6. The van der Waals surface area contributed by atoms with Gasteiger partial charge in [-0.05, 0) is 50.3 Å². The van der Waals surface area contributed by atoms with Gasteiger partial charge in [-0.2, -0.15) is 0 Å². The lowest BCUT2D eigenvalue weighted by molar-refractivity contribution is -0.0743. The van der Waals surface area contributed by atoms with E-state index in [9.17, 15) is 4.79 Å².